The van der Waals surface area contributed by atoms with E-state index in [0.717, 1.165) is 0 Å². The summed E-state index contributed by atoms with van der Waals surface area (Å²) in [5.41, 5.74) is 4.87. The molecule has 0 aromatic carbocycles. The van der Waals surface area contributed by atoms with Crippen LogP contribution in [0.1, 0.15) is 20.8 Å². The molecule has 11 heavy (non-hydrogen) atoms. The summed E-state index contributed by atoms with van der Waals surface area (Å²) in [4.78, 5) is 11.0. The lowest BCUT2D eigenvalue weighted by Crippen LogP contribution is -2.37. The van der Waals surface area contributed by atoms with Crippen molar-refractivity contribution < 1.29 is 9.53 Å². The molecule has 3 nitrogen and oxygen atoms in total. The lowest BCUT2D eigenvalue weighted by molar-refractivity contribution is -0.147. The number of carbonyl (C=O) groups is 1. The van der Waals surface area contributed by atoms with E-state index in [-0.39, 0.29) is 5.92 Å². The number of rotatable bonds is 3. The minimum atomic E-state index is -0.604. The van der Waals surface area contributed by atoms with Crippen molar-refractivity contribution in [3.63, 3.8) is 0 Å². The van der Waals surface area contributed by atoms with Crippen LogP contribution in [0.15, 0.2) is 0 Å². The highest BCUT2D eigenvalue weighted by atomic mass is 35.5. The van der Waals surface area contributed by atoms with E-state index in [1.807, 2.05) is 13.8 Å². The molecule has 0 aliphatic carbocycles. The maximum Gasteiger partial charge on any atom is 0.324 e. The minimum absolute atomic E-state index is 0.0814. The van der Waals surface area contributed by atoms with Crippen molar-refractivity contribution in [3.05, 3.63) is 0 Å². The van der Waals surface area contributed by atoms with Gasteiger partial charge in [0.05, 0.1) is 0 Å². The molecule has 0 amide bonds. The van der Waals surface area contributed by atoms with Gasteiger partial charge in [0.25, 0.3) is 0 Å². The van der Waals surface area contributed by atoms with Crippen molar-refractivity contribution in [2.45, 2.75) is 32.4 Å². The highest BCUT2D eigenvalue weighted by Crippen LogP contribution is 2.04. The highest BCUT2D eigenvalue weighted by molar-refractivity contribution is 6.20. The summed E-state index contributed by atoms with van der Waals surface area (Å²) < 4.78 is 4.67. The molecule has 0 aromatic heterocycles. The number of halogens is 1. The van der Waals surface area contributed by atoms with Crippen molar-refractivity contribution in [1.82, 2.24) is 0 Å². The predicted molar refractivity (Wildman–Crippen MR) is 44.2 cm³/mol. The number of ether oxygens (including phenoxy) is 1. The van der Waals surface area contributed by atoms with Gasteiger partial charge < -0.3 is 10.5 Å². The quantitative estimate of drug-likeness (QED) is 0.522. The molecule has 0 rings (SSSR count). The van der Waals surface area contributed by atoms with Crippen molar-refractivity contribution in [2.75, 3.05) is 0 Å². The topological polar surface area (TPSA) is 52.3 Å². The first-order chi connectivity index (χ1) is 4.95. The van der Waals surface area contributed by atoms with Crippen LogP contribution in [0.3, 0.4) is 0 Å². The molecule has 2 N–H and O–H groups in total. The molecule has 0 aliphatic heterocycles. The Labute approximate surface area is 71.8 Å². The lowest BCUT2D eigenvalue weighted by Gasteiger charge is -2.15. The Bertz CT molecular complexity index is 136. The van der Waals surface area contributed by atoms with E-state index in [2.05, 4.69) is 4.74 Å². The molecule has 0 heterocycles. The van der Waals surface area contributed by atoms with Crippen LogP contribution in [0.4, 0.5) is 0 Å². The van der Waals surface area contributed by atoms with Gasteiger partial charge in [-0.3, -0.25) is 4.79 Å². The van der Waals surface area contributed by atoms with Gasteiger partial charge in [-0.1, -0.05) is 25.4 Å². The molecular weight excluding hydrogens is 166 g/mol. The Morgan fingerprint density at radius 3 is 2.18 bits per heavy atom. The first-order valence-electron chi connectivity index (χ1n) is 3.55. The average Bonchev–Trinajstić information content (AvgIpc) is 1.84. The third kappa shape index (κ3) is 4.22. The van der Waals surface area contributed by atoms with Crippen LogP contribution < -0.4 is 5.73 Å². The molecule has 0 saturated heterocycles. The van der Waals surface area contributed by atoms with E-state index in [1.165, 1.54) is 0 Å². The largest absolute Gasteiger partial charge is 0.445 e. The number of carbonyl (C=O) groups excluding carboxylic acids is 1. The summed E-state index contributed by atoms with van der Waals surface area (Å²) in [6.07, 6.45) is 0. The molecule has 4 heteroatoms. The van der Waals surface area contributed by atoms with E-state index >= 15 is 0 Å². The summed E-state index contributed by atoms with van der Waals surface area (Å²) in [6.45, 7) is 5.28. The van der Waals surface area contributed by atoms with E-state index in [4.69, 9.17) is 17.3 Å². The summed E-state index contributed by atoms with van der Waals surface area (Å²) >= 11 is 5.42. The zero-order valence-electron chi connectivity index (χ0n) is 7.00. The van der Waals surface area contributed by atoms with Crippen LogP contribution in [0.25, 0.3) is 0 Å². The average molecular weight is 180 g/mol. The predicted octanol–water partition coefficient (Wildman–Crippen LogP) is 1.10. The zero-order valence-corrected chi connectivity index (χ0v) is 7.76. The van der Waals surface area contributed by atoms with E-state index < -0.39 is 17.6 Å². The smallest absolute Gasteiger partial charge is 0.324 e. The van der Waals surface area contributed by atoms with Crippen molar-refractivity contribution in [1.29, 1.82) is 0 Å². The molecule has 0 saturated carbocycles. The third-order valence-electron chi connectivity index (χ3n) is 1.27. The van der Waals surface area contributed by atoms with Crippen LogP contribution in [-0.2, 0) is 9.53 Å². The SMILES string of the molecule is CC(Cl)OC(=O)[C@H](N)C(C)C. The fourth-order valence-corrected chi connectivity index (χ4v) is 0.599. The monoisotopic (exact) mass is 179 g/mol. The van der Waals surface area contributed by atoms with Crippen LogP contribution in [0.2, 0.25) is 0 Å². The summed E-state index contributed by atoms with van der Waals surface area (Å²) in [5.74, 6) is -0.361. The fraction of sp³-hybridized carbons (Fsp3) is 0.857. The fourth-order valence-electron chi connectivity index (χ4n) is 0.511. The van der Waals surface area contributed by atoms with Gasteiger partial charge in [-0.25, -0.2) is 0 Å². The van der Waals surface area contributed by atoms with Gasteiger partial charge in [0.1, 0.15) is 6.04 Å². The second kappa shape index (κ2) is 4.57. The molecule has 2 atom stereocenters. The van der Waals surface area contributed by atoms with Gasteiger partial charge in [-0.2, -0.15) is 0 Å². The van der Waals surface area contributed by atoms with Crippen molar-refractivity contribution in [3.8, 4) is 0 Å². The standard InChI is InChI=1S/C7H14ClNO2/c1-4(2)6(9)7(10)11-5(3)8/h4-6H,9H2,1-3H3/t5?,6-/m1/s1. The number of hydrogen-bond acceptors (Lipinski definition) is 3. The number of hydrogen-bond donors (Lipinski definition) is 1. The Kier molecular flexibility index (Phi) is 4.45. The Morgan fingerprint density at radius 2 is 1.91 bits per heavy atom. The first-order valence-corrected chi connectivity index (χ1v) is 3.99. The number of alkyl halides is 1. The van der Waals surface area contributed by atoms with Gasteiger partial charge in [0.2, 0.25) is 0 Å². The van der Waals surface area contributed by atoms with Crippen molar-refractivity contribution >= 4 is 17.6 Å². The van der Waals surface area contributed by atoms with E-state index in [0.29, 0.717) is 0 Å². The van der Waals surface area contributed by atoms with E-state index in [9.17, 15) is 4.79 Å². The normalized spacial score (nSPS) is 16.2. The van der Waals surface area contributed by atoms with Gasteiger partial charge in [0.15, 0.2) is 5.56 Å². The molecule has 0 bridgehead atoms. The van der Waals surface area contributed by atoms with Crippen LogP contribution >= 0.6 is 11.6 Å². The summed E-state index contributed by atoms with van der Waals surface area (Å²) in [7, 11) is 0. The van der Waals surface area contributed by atoms with Gasteiger partial charge in [-0.15, -0.1) is 0 Å². The first kappa shape index (κ1) is 10.7. The lowest BCUT2D eigenvalue weighted by atomic mass is 10.1. The Hall–Kier alpha value is -0.280. The molecule has 1 unspecified atom stereocenters. The minimum Gasteiger partial charge on any atom is -0.445 e. The molecule has 66 valence electrons. The van der Waals surface area contributed by atoms with Gasteiger partial charge in [0, 0.05) is 0 Å². The second-order valence-electron chi connectivity index (χ2n) is 2.75. The van der Waals surface area contributed by atoms with E-state index in [1.54, 1.807) is 6.92 Å². The maximum absolute atomic E-state index is 11.0. The maximum atomic E-state index is 11.0. The summed E-state index contributed by atoms with van der Waals surface area (Å²) in [6, 6.07) is -0.573. The summed E-state index contributed by atoms with van der Waals surface area (Å²) in [5, 5.41) is 0. The highest BCUT2D eigenvalue weighted by Gasteiger charge is 2.19. The van der Waals surface area contributed by atoms with Crippen LogP contribution in [-0.4, -0.2) is 17.6 Å². The Balaban J connectivity index is 3.83. The molecule has 0 aromatic rings. The van der Waals surface area contributed by atoms with Gasteiger partial charge >= 0.3 is 5.97 Å². The molecule has 0 aliphatic rings. The van der Waals surface area contributed by atoms with Crippen molar-refractivity contribution in [2.24, 2.45) is 11.7 Å². The third-order valence-corrected chi connectivity index (χ3v) is 1.36. The zero-order chi connectivity index (χ0) is 9.02. The second-order valence-corrected chi connectivity index (χ2v) is 3.36. The number of esters is 1. The molecule has 0 fully saturated rings. The molecule has 0 radical (unpaired) electrons. The number of nitrogens with two attached hydrogens (primary N) is 1. The molecular formula is C7H14ClNO2. The van der Waals surface area contributed by atoms with Gasteiger partial charge in [-0.05, 0) is 12.8 Å². The Morgan fingerprint density at radius 1 is 1.45 bits per heavy atom. The molecule has 0 spiro atoms. The van der Waals surface area contributed by atoms with Crippen LogP contribution in [0.5, 0.6) is 0 Å². The van der Waals surface area contributed by atoms with Crippen LogP contribution in [0, 0.1) is 5.92 Å².